The molecule has 18 heavy (non-hydrogen) atoms. The molecule has 1 rings (SSSR count). The minimum atomic E-state index is -0.936. The van der Waals surface area contributed by atoms with Crippen LogP contribution in [0, 0.1) is 0 Å². The molecule has 0 saturated carbocycles. The molecule has 0 atom stereocenters. The number of carboxylic acids is 1. The zero-order valence-corrected chi connectivity index (χ0v) is 11.7. The highest BCUT2D eigenvalue weighted by Gasteiger charge is 2.24. The van der Waals surface area contributed by atoms with Gasteiger partial charge in [-0.25, -0.2) is 9.89 Å². The molecule has 2 N–H and O–H groups in total. The van der Waals surface area contributed by atoms with Crippen molar-refractivity contribution in [2.45, 2.75) is 31.1 Å². The first-order valence-corrected chi connectivity index (χ1v) is 6.40. The molecule has 1 aromatic rings. The molecule has 0 aliphatic heterocycles. The van der Waals surface area contributed by atoms with Crippen molar-refractivity contribution in [1.82, 2.24) is 19.7 Å². The van der Waals surface area contributed by atoms with Crippen LogP contribution in [0.4, 0.5) is 0 Å². The number of likely N-dealkylation sites (N-methyl/N-ethyl adjacent to an activating group) is 1. The van der Waals surface area contributed by atoms with E-state index in [1.54, 1.807) is 0 Å². The first kappa shape index (κ1) is 14.8. The van der Waals surface area contributed by atoms with Gasteiger partial charge in [0.05, 0.1) is 5.75 Å². The number of hydrogen-bond donors (Lipinski definition) is 2. The quantitative estimate of drug-likeness (QED) is 0.714. The number of H-pyrrole nitrogens is 1. The molecule has 0 spiro atoms. The lowest BCUT2D eigenvalue weighted by atomic mass is 10.0. The van der Waals surface area contributed by atoms with Crippen molar-refractivity contribution >= 4 is 17.7 Å². The fraction of sp³-hybridized carbons (Fsp3) is 0.700. The maximum atomic E-state index is 11.7. The first-order chi connectivity index (χ1) is 8.24. The molecule has 7 nitrogen and oxygen atoms in total. The van der Waals surface area contributed by atoms with E-state index in [1.165, 1.54) is 4.57 Å². The summed E-state index contributed by atoms with van der Waals surface area (Å²) in [6.07, 6.45) is 0. The Hall–Kier alpha value is -1.28. The number of rotatable bonds is 6. The summed E-state index contributed by atoms with van der Waals surface area (Å²) in [5.74, 6) is -1.05. The molecule has 0 bridgehead atoms. The minimum absolute atomic E-state index is 0.118. The Morgan fingerprint density at radius 3 is 2.67 bits per heavy atom. The minimum Gasteiger partial charge on any atom is -0.481 e. The molecule has 0 saturated heterocycles. The molecule has 0 aromatic carbocycles. The second kappa shape index (κ2) is 5.57. The predicted octanol–water partition coefficient (Wildman–Crippen LogP) is 0.0883. The molecular formula is C10H18N4O3S. The number of carbonyl (C=O) groups is 1. The third kappa shape index (κ3) is 3.61. The summed E-state index contributed by atoms with van der Waals surface area (Å²) in [6.45, 7) is 4.44. The number of aromatic nitrogens is 3. The van der Waals surface area contributed by atoms with Crippen LogP contribution >= 0.6 is 11.8 Å². The van der Waals surface area contributed by atoms with Gasteiger partial charge in [0, 0.05) is 12.1 Å². The maximum absolute atomic E-state index is 11.7. The molecule has 102 valence electrons. The third-order valence-corrected chi connectivity index (χ3v) is 3.76. The van der Waals surface area contributed by atoms with Crippen molar-refractivity contribution in [1.29, 1.82) is 0 Å². The normalized spacial score (nSPS) is 12.1. The van der Waals surface area contributed by atoms with Gasteiger partial charge in [-0.05, 0) is 27.9 Å². The number of nitrogens with zero attached hydrogens (tertiary/aromatic N) is 3. The molecule has 0 radical (unpaired) electrons. The second-order valence-corrected chi connectivity index (χ2v) is 5.73. The SMILES string of the molecule is CN(C)C(C)(C)Cn1c(SCC(=O)O)n[nH]c1=O. The van der Waals surface area contributed by atoms with Crippen molar-refractivity contribution in [3.8, 4) is 0 Å². The highest BCUT2D eigenvalue weighted by atomic mass is 32.2. The fourth-order valence-electron chi connectivity index (χ4n) is 1.21. The summed E-state index contributed by atoms with van der Waals surface area (Å²) >= 11 is 1.03. The largest absolute Gasteiger partial charge is 0.481 e. The van der Waals surface area contributed by atoms with E-state index in [0.29, 0.717) is 11.7 Å². The molecule has 0 aliphatic rings. The third-order valence-electron chi connectivity index (χ3n) is 2.80. The van der Waals surface area contributed by atoms with Gasteiger partial charge in [0.1, 0.15) is 0 Å². The Bertz CT molecular complexity index is 478. The van der Waals surface area contributed by atoms with Crippen LogP contribution in [0.25, 0.3) is 0 Å². The van der Waals surface area contributed by atoms with Crippen molar-refractivity contribution in [2.24, 2.45) is 0 Å². The molecule has 1 aromatic heterocycles. The number of aliphatic carboxylic acids is 1. The zero-order valence-electron chi connectivity index (χ0n) is 10.9. The second-order valence-electron chi connectivity index (χ2n) is 4.79. The summed E-state index contributed by atoms with van der Waals surface area (Å²) in [4.78, 5) is 24.2. The summed E-state index contributed by atoms with van der Waals surface area (Å²) < 4.78 is 1.47. The van der Waals surface area contributed by atoms with Crippen LogP contribution in [0.2, 0.25) is 0 Å². The van der Waals surface area contributed by atoms with Crippen LogP contribution in [-0.4, -0.2) is 56.1 Å². The van der Waals surface area contributed by atoms with E-state index in [0.717, 1.165) is 11.8 Å². The molecule has 0 unspecified atom stereocenters. The van der Waals surface area contributed by atoms with Crippen LogP contribution in [0.1, 0.15) is 13.8 Å². The molecule has 0 aliphatic carbocycles. The Morgan fingerprint density at radius 1 is 1.56 bits per heavy atom. The average molecular weight is 274 g/mol. The van der Waals surface area contributed by atoms with Gasteiger partial charge in [-0.2, -0.15) is 0 Å². The standard InChI is InChI=1S/C10H18N4O3S/c1-10(2,13(3)4)6-14-8(17)11-12-9(14)18-5-7(15)16/h5-6H2,1-4H3,(H,11,17)(H,15,16). The lowest BCUT2D eigenvalue weighted by Gasteiger charge is -2.32. The Kier molecular flexibility index (Phi) is 4.58. The van der Waals surface area contributed by atoms with Crippen LogP contribution in [-0.2, 0) is 11.3 Å². The van der Waals surface area contributed by atoms with E-state index in [9.17, 15) is 9.59 Å². The van der Waals surface area contributed by atoms with E-state index >= 15 is 0 Å². The van der Waals surface area contributed by atoms with Crippen LogP contribution in [0.5, 0.6) is 0 Å². The van der Waals surface area contributed by atoms with Crippen molar-refractivity contribution in [2.75, 3.05) is 19.8 Å². The van der Waals surface area contributed by atoms with Crippen LogP contribution < -0.4 is 5.69 Å². The van der Waals surface area contributed by atoms with E-state index in [1.807, 2.05) is 32.8 Å². The lowest BCUT2D eigenvalue weighted by molar-refractivity contribution is -0.133. The Labute approximate surface area is 109 Å². The topological polar surface area (TPSA) is 91.2 Å². The summed E-state index contributed by atoms with van der Waals surface area (Å²) in [5, 5.41) is 15.2. The van der Waals surface area contributed by atoms with Gasteiger partial charge in [-0.15, -0.1) is 5.10 Å². The summed E-state index contributed by atoms with van der Waals surface area (Å²) in [7, 11) is 3.85. The number of thioether (sulfide) groups is 1. The zero-order chi connectivity index (χ0) is 13.9. The molecule has 8 heteroatoms. The van der Waals surface area contributed by atoms with Crippen LogP contribution in [0.15, 0.2) is 9.95 Å². The number of nitrogens with one attached hydrogen (secondary N) is 1. The van der Waals surface area contributed by atoms with Gasteiger partial charge in [-0.1, -0.05) is 11.8 Å². The van der Waals surface area contributed by atoms with Gasteiger partial charge >= 0.3 is 11.7 Å². The first-order valence-electron chi connectivity index (χ1n) is 5.41. The smallest absolute Gasteiger partial charge is 0.344 e. The summed E-state index contributed by atoms with van der Waals surface area (Å²) in [6, 6.07) is 0. The number of carboxylic acid groups (broad SMARTS) is 1. The lowest BCUT2D eigenvalue weighted by Crippen LogP contribution is -2.44. The van der Waals surface area contributed by atoms with E-state index in [-0.39, 0.29) is 17.0 Å². The highest BCUT2D eigenvalue weighted by Crippen LogP contribution is 2.18. The average Bonchev–Trinajstić information content (AvgIpc) is 2.57. The van der Waals surface area contributed by atoms with Gasteiger partial charge in [0.25, 0.3) is 0 Å². The van der Waals surface area contributed by atoms with Gasteiger partial charge in [-0.3, -0.25) is 9.36 Å². The Balaban J connectivity index is 2.91. The Morgan fingerprint density at radius 2 is 2.17 bits per heavy atom. The van der Waals surface area contributed by atoms with E-state index in [2.05, 4.69) is 10.2 Å². The van der Waals surface area contributed by atoms with Crippen molar-refractivity contribution in [3.05, 3.63) is 10.5 Å². The summed E-state index contributed by atoms with van der Waals surface area (Å²) in [5.41, 5.74) is -0.551. The fourth-order valence-corrected chi connectivity index (χ4v) is 1.87. The van der Waals surface area contributed by atoms with E-state index in [4.69, 9.17) is 5.11 Å². The predicted molar refractivity (Wildman–Crippen MR) is 69.0 cm³/mol. The molecule has 1 heterocycles. The van der Waals surface area contributed by atoms with Gasteiger partial charge in [0.2, 0.25) is 0 Å². The van der Waals surface area contributed by atoms with Crippen molar-refractivity contribution in [3.63, 3.8) is 0 Å². The number of hydrogen-bond acceptors (Lipinski definition) is 5. The van der Waals surface area contributed by atoms with Crippen LogP contribution in [0.3, 0.4) is 0 Å². The van der Waals surface area contributed by atoms with Gasteiger partial charge in [0.15, 0.2) is 5.16 Å². The molecule has 0 amide bonds. The monoisotopic (exact) mass is 274 g/mol. The maximum Gasteiger partial charge on any atom is 0.344 e. The number of aromatic amines is 1. The molecule has 0 fully saturated rings. The molecular weight excluding hydrogens is 256 g/mol. The highest BCUT2D eigenvalue weighted by molar-refractivity contribution is 7.99. The van der Waals surface area contributed by atoms with Gasteiger partial charge < -0.3 is 10.0 Å². The van der Waals surface area contributed by atoms with Crippen molar-refractivity contribution < 1.29 is 9.90 Å². The van der Waals surface area contributed by atoms with E-state index < -0.39 is 5.97 Å².